The molecule has 0 bridgehead atoms. The van der Waals surface area contributed by atoms with Gasteiger partial charge >= 0.3 is 5.97 Å². The number of piperazine rings is 1. The Morgan fingerprint density at radius 3 is 2.50 bits per heavy atom. The number of aryl methyl sites for hydroxylation is 2. The van der Waals surface area contributed by atoms with E-state index in [1.807, 2.05) is 12.1 Å². The minimum absolute atomic E-state index is 0.263. The largest absolute Gasteiger partial charge is 0.488 e. The maximum Gasteiger partial charge on any atom is 0.306 e. The number of rotatable bonds is 9. The van der Waals surface area contributed by atoms with Crippen molar-refractivity contribution in [3.05, 3.63) is 64.0 Å². The highest BCUT2D eigenvalue weighted by Gasteiger charge is 2.26. The molecule has 40 heavy (non-hydrogen) atoms. The Kier molecular flexibility index (Phi) is 9.17. The summed E-state index contributed by atoms with van der Waals surface area (Å²) in [6.45, 7) is 9.56. The van der Waals surface area contributed by atoms with Crippen LogP contribution in [0.5, 0.6) is 5.75 Å². The zero-order valence-electron chi connectivity index (χ0n) is 22.9. The van der Waals surface area contributed by atoms with Gasteiger partial charge in [-0.3, -0.25) is 14.2 Å². The second-order valence-electron chi connectivity index (χ2n) is 10.6. The zero-order chi connectivity index (χ0) is 28.2. The molecule has 2 N–H and O–H groups in total. The highest BCUT2D eigenvalue weighted by molar-refractivity contribution is 7.76. The summed E-state index contributed by atoms with van der Waals surface area (Å²) in [5, 5.41) is 12.3. The van der Waals surface area contributed by atoms with Gasteiger partial charge < -0.3 is 14.7 Å². The van der Waals surface area contributed by atoms with E-state index in [9.17, 15) is 18.7 Å². The smallest absolute Gasteiger partial charge is 0.306 e. The maximum absolute atomic E-state index is 11.3. The molecule has 1 unspecified atom stereocenters. The second-order valence-corrected chi connectivity index (χ2v) is 12.4. The molecule has 0 amide bonds. The molecular formula is C29H36N4O5S2. The minimum Gasteiger partial charge on any atom is -0.488 e. The molecule has 2 saturated heterocycles. The van der Waals surface area contributed by atoms with Crippen molar-refractivity contribution < 1.29 is 23.4 Å². The molecule has 0 spiro atoms. The van der Waals surface area contributed by atoms with Crippen LogP contribution in [0.2, 0.25) is 0 Å². The Morgan fingerprint density at radius 1 is 1.07 bits per heavy atom. The standard InChI is InChI=1S/C29H36N4O5S2/c1-20-3-6-27(25(15-20)26-19-39-29(30-26)32-9-7-23(8-10-32)28(34)35)38-18-24-5-4-22(16-21(24)2)17-31-11-13-33(14-12-31)40(36)37/h3-6,15-16,19,23H,7-14,17-18H2,1-2H3,(H,34,35)(H,36,37). The molecule has 0 radical (unpaired) electrons. The molecule has 214 valence electrons. The highest BCUT2D eigenvalue weighted by atomic mass is 32.2. The van der Waals surface area contributed by atoms with Crippen LogP contribution < -0.4 is 9.64 Å². The van der Waals surface area contributed by atoms with Crippen LogP contribution in [0.25, 0.3) is 11.3 Å². The number of hydrogen-bond acceptors (Lipinski definition) is 7. The van der Waals surface area contributed by atoms with Crippen LogP contribution in [0.1, 0.15) is 35.1 Å². The molecule has 3 heterocycles. The molecule has 1 aromatic heterocycles. The first kappa shape index (κ1) is 28.7. The lowest BCUT2D eigenvalue weighted by molar-refractivity contribution is -0.142. The minimum atomic E-state index is -1.89. The van der Waals surface area contributed by atoms with Crippen molar-refractivity contribution in [2.75, 3.05) is 44.2 Å². The third kappa shape index (κ3) is 6.90. The topological polar surface area (TPSA) is 106 Å². The number of carboxylic acids is 1. The van der Waals surface area contributed by atoms with Crippen molar-refractivity contribution in [1.82, 2.24) is 14.2 Å². The summed E-state index contributed by atoms with van der Waals surface area (Å²) in [4.78, 5) is 20.7. The Balaban J connectivity index is 1.22. The Hall–Kier alpha value is -2.83. The van der Waals surface area contributed by atoms with Crippen LogP contribution in [0.15, 0.2) is 41.8 Å². The summed E-state index contributed by atoms with van der Waals surface area (Å²) in [6.07, 6.45) is 1.29. The van der Waals surface area contributed by atoms with Crippen LogP contribution in [0, 0.1) is 19.8 Å². The molecule has 2 aliphatic rings. The van der Waals surface area contributed by atoms with E-state index in [0.29, 0.717) is 45.6 Å². The van der Waals surface area contributed by atoms with Gasteiger partial charge in [-0.25, -0.2) is 9.19 Å². The molecular weight excluding hydrogens is 548 g/mol. The van der Waals surface area contributed by atoms with Gasteiger partial charge in [0, 0.05) is 56.8 Å². The average molecular weight is 585 g/mol. The molecule has 3 aromatic rings. The van der Waals surface area contributed by atoms with Crippen molar-refractivity contribution in [2.45, 2.75) is 39.8 Å². The van der Waals surface area contributed by atoms with E-state index in [1.165, 1.54) is 11.1 Å². The van der Waals surface area contributed by atoms with Gasteiger partial charge in [0.25, 0.3) is 0 Å². The first-order valence-electron chi connectivity index (χ1n) is 13.6. The quantitative estimate of drug-likeness (QED) is 0.353. The van der Waals surface area contributed by atoms with Crippen LogP contribution >= 0.6 is 11.3 Å². The third-order valence-corrected chi connectivity index (χ3v) is 9.47. The van der Waals surface area contributed by atoms with Gasteiger partial charge in [0.05, 0.1) is 11.6 Å². The number of nitrogens with zero attached hydrogens (tertiary/aromatic N) is 4. The lowest BCUT2D eigenvalue weighted by Gasteiger charge is -2.32. The number of carbonyl (C=O) groups is 1. The molecule has 0 aliphatic carbocycles. The first-order valence-corrected chi connectivity index (χ1v) is 15.5. The summed E-state index contributed by atoms with van der Waals surface area (Å²) >= 11 is -0.301. The van der Waals surface area contributed by atoms with Crippen molar-refractivity contribution in [1.29, 1.82) is 0 Å². The lowest BCUT2D eigenvalue weighted by atomic mass is 9.97. The number of hydrogen-bond donors (Lipinski definition) is 2. The van der Waals surface area contributed by atoms with E-state index in [4.69, 9.17) is 9.72 Å². The van der Waals surface area contributed by atoms with Gasteiger partial charge in [-0.15, -0.1) is 11.3 Å². The highest BCUT2D eigenvalue weighted by Crippen LogP contribution is 2.36. The Bertz CT molecular complexity index is 1360. The first-order chi connectivity index (χ1) is 19.3. The Labute approximate surface area is 241 Å². The van der Waals surface area contributed by atoms with Gasteiger partial charge in [0.15, 0.2) is 5.13 Å². The average Bonchev–Trinajstić information content (AvgIpc) is 3.44. The van der Waals surface area contributed by atoms with E-state index < -0.39 is 17.2 Å². The monoisotopic (exact) mass is 584 g/mol. The maximum atomic E-state index is 11.3. The predicted molar refractivity (Wildman–Crippen MR) is 158 cm³/mol. The summed E-state index contributed by atoms with van der Waals surface area (Å²) in [5.41, 5.74) is 6.47. The van der Waals surface area contributed by atoms with Gasteiger partial charge in [0.1, 0.15) is 12.4 Å². The van der Waals surface area contributed by atoms with Crippen molar-refractivity contribution in [2.24, 2.45) is 5.92 Å². The van der Waals surface area contributed by atoms with Gasteiger partial charge in [-0.1, -0.05) is 29.8 Å². The van der Waals surface area contributed by atoms with E-state index in [-0.39, 0.29) is 5.92 Å². The lowest BCUT2D eigenvalue weighted by Crippen LogP contribution is -2.46. The molecule has 11 heteroatoms. The number of aliphatic carboxylic acids is 1. The Morgan fingerprint density at radius 2 is 1.82 bits per heavy atom. The van der Waals surface area contributed by atoms with Crippen molar-refractivity contribution >= 4 is 33.7 Å². The summed E-state index contributed by atoms with van der Waals surface area (Å²) in [6, 6.07) is 12.6. The third-order valence-electron chi connectivity index (χ3n) is 7.77. The molecule has 2 fully saturated rings. The number of aromatic nitrogens is 1. The van der Waals surface area contributed by atoms with Crippen molar-refractivity contribution in [3.8, 4) is 17.0 Å². The van der Waals surface area contributed by atoms with E-state index in [0.717, 1.165) is 52.9 Å². The summed E-state index contributed by atoms with van der Waals surface area (Å²) in [5.74, 6) is -0.182. The molecule has 0 saturated carbocycles. The molecule has 9 nitrogen and oxygen atoms in total. The molecule has 2 aromatic carbocycles. The van der Waals surface area contributed by atoms with Crippen LogP contribution in [0.4, 0.5) is 5.13 Å². The summed E-state index contributed by atoms with van der Waals surface area (Å²) in [7, 11) is 0. The SMILES string of the molecule is Cc1ccc(OCc2ccc(CN3CCN(S(=O)O)CC3)cc2C)c(-c2csc(N3CCC(C(=O)O)CC3)n2)c1. The number of thiazole rings is 1. The fourth-order valence-electron chi connectivity index (χ4n) is 5.30. The zero-order valence-corrected chi connectivity index (χ0v) is 24.5. The van der Waals surface area contributed by atoms with Gasteiger partial charge in [-0.2, -0.15) is 4.31 Å². The van der Waals surface area contributed by atoms with Crippen LogP contribution in [-0.4, -0.2) is 73.3 Å². The summed E-state index contributed by atoms with van der Waals surface area (Å²) < 4.78 is 28.5. The normalized spacial score (nSPS) is 18.1. The molecule has 5 rings (SSSR count). The fraction of sp³-hybridized carbons (Fsp3) is 0.448. The van der Waals surface area contributed by atoms with E-state index in [2.05, 4.69) is 53.3 Å². The van der Waals surface area contributed by atoms with E-state index >= 15 is 0 Å². The number of ether oxygens (including phenoxy) is 1. The van der Waals surface area contributed by atoms with Crippen LogP contribution in [-0.2, 0) is 29.2 Å². The number of anilines is 1. The fourth-order valence-corrected chi connectivity index (χ4v) is 6.65. The van der Waals surface area contributed by atoms with E-state index in [1.54, 1.807) is 15.6 Å². The van der Waals surface area contributed by atoms with Crippen LogP contribution in [0.3, 0.4) is 0 Å². The number of piperidine rings is 1. The predicted octanol–water partition coefficient (Wildman–Crippen LogP) is 4.56. The molecule has 1 atom stereocenters. The number of benzene rings is 2. The van der Waals surface area contributed by atoms with Crippen molar-refractivity contribution in [3.63, 3.8) is 0 Å². The second kappa shape index (κ2) is 12.8. The van der Waals surface area contributed by atoms with Gasteiger partial charge in [-0.05, 0) is 55.5 Å². The molecule has 2 aliphatic heterocycles. The number of carboxylic acid groups (broad SMARTS) is 1. The van der Waals surface area contributed by atoms with Gasteiger partial charge in [0.2, 0.25) is 11.3 Å².